The predicted octanol–water partition coefficient (Wildman–Crippen LogP) is 0.738. The molecule has 0 saturated heterocycles. The van der Waals surface area contributed by atoms with E-state index in [4.69, 9.17) is 0 Å². The standard InChI is InChI=1S/C4H6N3O2P/c1-3-5-4(7(8)9)2-6(3)10/h2H,10H2,1H3. The van der Waals surface area contributed by atoms with Crippen LogP contribution in [0.4, 0.5) is 5.82 Å². The maximum Gasteiger partial charge on any atom is 0.382 e. The number of nitrogens with zero attached hydrogens (tertiary/aromatic N) is 3. The van der Waals surface area contributed by atoms with E-state index >= 15 is 0 Å². The van der Waals surface area contributed by atoms with Crippen LogP contribution in [0, 0.1) is 17.0 Å². The van der Waals surface area contributed by atoms with E-state index in [1.165, 1.54) is 10.5 Å². The van der Waals surface area contributed by atoms with Crippen LogP contribution in [-0.4, -0.2) is 14.2 Å². The van der Waals surface area contributed by atoms with Crippen molar-refractivity contribution in [2.45, 2.75) is 6.92 Å². The normalized spacial score (nSPS) is 9.80. The number of nitro groups is 1. The number of hydrogen-bond acceptors (Lipinski definition) is 3. The molecule has 0 aromatic carbocycles. The van der Waals surface area contributed by atoms with Gasteiger partial charge in [-0.15, -0.1) is 0 Å². The zero-order valence-corrected chi connectivity index (χ0v) is 6.47. The van der Waals surface area contributed by atoms with Gasteiger partial charge in [-0.2, -0.15) is 0 Å². The monoisotopic (exact) mass is 159 g/mol. The quantitative estimate of drug-likeness (QED) is 0.345. The molecular formula is C4H6N3O2P. The van der Waals surface area contributed by atoms with Crippen molar-refractivity contribution in [1.29, 1.82) is 0 Å². The molecule has 0 aliphatic rings. The number of aryl methyl sites for hydroxylation is 1. The molecule has 54 valence electrons. The Balaban J connectivity index is 3.10. The Labute approximate surface area is 59.5 Å². The largest absolute Gasteiger partial charge is 0.382 e. The van der Waals surface area contributed by atoms with Gasteiger partial charge >= 0.3 is 5.82 Å². The van der Waals surface area contributed by atoms with Crippen LogP contribution in [0.1, 0.15) is 5.82 Å². The van der Waals surface area contributed by atoms with E-state index in [1.807, 2.05) is 0 Å². The lowest BCUT2D eigenvalue weighted by molar-refractivity contribution is -0.389. The summed E-state index contributed by atoms with van der Waals surface area (Å²) in [5.41, 5.74) is 0. The third kappa shape index (κ3) is 1.14. The fourth-order valence-electron chi connectivity index (χ4n) is 0.558. The molecule has 10 heavy (non-hydrogen) atoms. The van der Waals surface area contributed by atoms with Gasteiger partial charge in [-0.25, -0.2) is 0 Å². The van der Waals surface area contributed by atoms with Crippen molar-refractivity contribution in [3.05, 3.63) is 22.1 Å². The van der Waals surface area contributed by atoms with Crippen molar-refractivity contribution in [2.75, 3.05) is 0 Å². The molecule has 1 atom stereocenters. The Bertz CT molecular complexity index is 250. The molecule has 0 aliphatic carbocycles. The van der Waals surface area contributed by atoms with Gasteiger partial charge in [0.25, 0.3) is 0 Å². The first-order valence-corrected chi connectivity index (χ1v) is 3.08. The first-order chi connectivity index (χ1) is 4.61. The molecule has 1 aromatic rings. The molecule has 0 radical (unpaired) electrons. The second-order valence-corrected chi connectivity index (χ2v) is 2.37. The van der Waals surface area contributed by atoms with Crippen molar-refractivity contribution in [3.63, 3.8) is 0 Å². The van der Waals surface area contributed by atoms with Gasteiger partial charge in [0, 0.05) is 6.92 Å². The Morgan fingerprint density at radius 1 is 1.90 bits per heavy atom. The molecule has 1 rings (SSSR count). The topological polar surface area (TPSA) is 61.0 Å². The second kappa shape index (κ2) is 2.34. The molecule has 1 heterocycles. The van der Waals surface area contributed by atoms with Gasteiger partial charge in [0.15, 0.2) is 0 Å². The highest BCUT2D eigenvalue weighted by atomic mass is 31.0. The lowest BCUT2D eigenvalue weighted by Crippen LogP contribution is -1.86. The summed E-state index contributed by atoms with van der Waals surface area (Å²) in [6.45, 7) is 1.69. The van der Waals surface area contributed by atoms with Gasteiger partial charge in [-0.05, 0) is 19.3 Å². The van der Waals surface area contributed by atoms with Crippen LogP contribution < -0.4 is 0 Å². The number of imidazole rings is 1. The van der Waals surface area contributed by atoms with Crippen molar-refractivity contribution in [1.82, 2.24) is 9.32 Å². The summed E-state index contributed by atoms with van der Waals surface area (Å²) in [4.78, 5) is 13.2. The van der Waals surface area contributed by atoms with Crippen molar-refractivity contribution >= 4 is 15.2 Å². The minimum absolute atomic E-state index is 0.118. The molecule has 0 N–H and O–H groups in total. The van der Waals surface area contributed by atoms with Gasteiger partial charge < -0.3 is 10.1 Å². The predicted molar refractivity (Wildman–Crippen MR) is 38.7 cm³/mol. The van der Waals surface area contributed by atoms with Gasteiger partial charge in [0.2, 0.25) is 5.82 Å². The zero-order chi connectivity index (χ0) is 7.72. The maximum absolute atomic E-state index is 10.1. The highest BCUT2D eigenvalue weighted by molar-refractivity contribution is 7.14. The smallest absolute Gasteiger partial charge is 0.358 e. The Hall–Kier alpha value is -0.960. The van der Waals surface area contributed by atoms with E-state index in [0.717, 1.165) is 0 Å². The zero-order valence-electron chi connectivity index (χ0n) is 5.31. The molecule has 0 spiro atoms. The minimum atomic E-state index is -0.520. The molecular weight excluding hydrogens is 153 g/mol. The molecule has 6 heteroatoms. The van der Waals surface area contributed by atoms with Gasteiger partial charge in [0.1, 0.15) is 6.20 Å². The SMILES string of the molecule is Cc1nc([N+](=O)[O-])cn1P. The van der Waals surface area contributed by atoms with Crippen LogP contribution in [0.25, 0.3) is 0 Å². The lowest BCUT2D eigenvalue weighted by Gasteiger charge is -1.83. The first-order valence-electron chi connectivity index (χ1n) is 2.56. The number of aromatic nitrogens is 2. The molecule has 0 aliphatic heterocycles. The van der Waals surface area contributed by atoms with E-state index in [-0.39, 0.29) is 5.82 Å². The maximum atomic E-state index is 10.1. The van der Waals surface area contributed by atoms with E-state index in [2.05, 4.69) is 14.4 Å². The second-order valence-electron chi connectivity index (χ2n) is 1.81. The van der Waals surface area contributed by atoms with Crippen LogP contribution in [0.2, 0.25) is 0 Å². The van der Waals surface area contributed by atoms with E-state index in [0.29, 0.717) is 5.82 Å². The van der Waals surface area contributed by atoms with Crippen LogP contribution in [-0.2, 0) is 0 Å². The molecule has 0 fully saturated rings. The van der Waals surface area contributed by atoms with Gasteiger partial charge in [-0.1, -0.05) is 0 Å². The van der Waals surface area contributed by atoms with Crippen molar-refractivity contribution in [2.24, 2.45) is 0 Å². The summed E-state index contributed by atoms with van der Waals surface area (Å²) in [7, 11) is 2.30. The molecule has 0 bridgehead atoms. The van der Waals surface area contributed by atoms with Crippen LogP contribution in [0.15, 0.2) is 6.20 Å². The highest BCUT2D eigenvalue weighted by Crippen LogP contribution is 2.11. The van der Waals surface area contributed by atoms with Crippen molar-refractivity contribution in [3.8, 4) is 0 Å². The molecule has 0 amide bonds. The molecule has 0 saturated carbocycles. The van der Waals surface area contributed by atoms with Gasteiger partial charge in [-0.3, -0.25) is 4.34 Å². The fourth-order valence-corrected chi connectivity index (χ4v) is 0.749. The van der Waals surface area contributed by atoms with E-state index < -0.39 is 4.92 Å². The van der Waals surface area contributed by atoms with E-state index in [9.17, 15) is 10.1 Å². The molecule has 1 unspecified atom stereocenters. The van der Waals surface area contributed by atoms with Crippen LogP contribution in [0.5, 0.6) is 0 Å². The minimum Gasteiger partial charge on any atom is -0.358 e. The summed E-state index contributed by atoms with van der Waals surface area (Å²) in [6, 6.07) is 0. The lowest BCUT2D eigenvalue weighted by atomic mass is 10.7. The summed E-state index contributed by atoms with van der Waals surface area (Å²) in [6.07, 6.45) is 1.35. The Kier molecular flexibility index (Phi) is 1.68. The summed E-state index contributed by atoms with van der Waals surface area (Å²) < 4.78 is 1.53. The Morgan fingerprint density at radius 3 is 2.70 bits per heavy atom. The number of rotatable bonds is 1. The van der Waals surface area contributed by atoms with Crippen LogP contribution >= 0.6 is 9.39 Å². The summed E-state index contributed by atoms with van der Waals surface area (Å²) >= 11 is 0. The molecule has 5 nitrogen and oxygen atoms in total. The van der Waals surface area contributed by atoms with E-state index in [1.54, 1.807) is 6.92 Å². The Morgan fingerprint density at radius 2 is 2.50 bits per heavy atom. The average molecular weight is 159 g/mol. The first kappa shape index (κ1) is 7.15. The highest BCUT2D eigenvalue weighted by Gasteiger charge is 2.11. The van der Waals surface area contributed by atoms with Crippen LogP contribution in [0.3, 0.4) is 0 Å². The summed E-state index contributed by atoms with van der Waals surface area (Å²) in [5, 5.41) is 10.1. The van der Waals surface area contributed by atoms with Crippen molar-refractivity contribution < 1.29 is 4.92 Å². The third-order valence-corrected chi connectivity index (χ3v) is 1.61. The average Bonchev–Trinajstić information content (AvgIpc) is 2.13. The fraction of sp³-hybridized carbons (Fsp3) is 0.250. The number of hydrogen-bond donors (Lipinski definition) is 0. The molecule has 1 aromatic heterocycles. The third-order valence-electron chi connectivity index (χ3n) is 1.09. The van der Waals surface area contributed by atoms with Gasteiger partial charge in [0.05, 0.1) is 0 Å². The summed E-state index contributed by atoms with van der Waals surface area (Å²) in [5.74, 6) is 0.490.